The van der Waals surface area contributed by atoms with Gasteiger partial charge >= 0.3 is 0 Å². The molecule has 0 amide bonds. The second-order valence-corrected chi connectivity index (χ2v) is 5.56. The highest BCUT2D eigenvalue weighted by atomic mass is 16.5. The summed E-state index contributed by atoms with van der Waals surface area (Å²) in [4.78, 5) is 17.6. The summed E-state index contributed by atoms with van der Waals surface area (Å²) in [6.45, 7) is 0. The monoisotopic (exact) mass is 329 g/mol. The molecule has 4 aromatic rings. The van der Waals surface area contributed by atoms with Crippen molar-refractivity contribution in [3.05, 3.63) is 78.6 Å². The summed E-state index contributed by atoms with van der Waals surface area (Å²) in [6.07, 6.45) is 3.23. The molecule has 2 aromatic carbocycles. The zero-order chi connectivity index (χ0) is 17.2. The van der Waals surface area contributed by atoms with E-state index in [2.05, 4.69) is 5.10 Å². The number of benzene rings is 2. The number of rotatable bonds is 3. The van der Waals surface area contributed by atoms with Crippen LogP contribution in [0.4, 0.5) is 0 Å². The fourth-order valence-corrected chi connectivity index (χ4v) is 2.79. The third kappa shape index (κ3) is 2.76. The van der Waals surface area contributed by atoms with Crippen molar-refractivity contribution in [3.8, 4) is 17.0 Å². The normalized spacial score (nSPS) is 10.8. The van der Waals surface area contributed by atoms with Gasteiger partial charge in [-0.25, -0.2) is 9.67 Å². The van der Waals surface area contributed by atoms with Crippen molar-refractivity contribution in [1.29, 1.82) is 0 Å². The largest absolute Gasteiger partial charge is 0.497 e. The van der Waals surface area contributed by atoms with E-state index in [1.807, 2.05) is 48.5 Å². The maximum atomic E-state index is 12.9. The van der Waals surface area contributed by atoms with Gasteiger partial charge in [-0.1, -0.05) is 30.3 Å². The molecule has 0 radical (unpaired) electrons. The molecule has 0 saturated carbocycles. The van der Waals surface area contributed by atoms with Crippen LogP contribution in [0.3, 0.4) is 0 Å². The molecule has 0 spiro atoms. The first-order valence-electron chi connectivity index (χ1n) is 7.85. The minimum Gasteiger partial charge on any atom is -0.497 e. The fourth-order valence-electron chi connectivity index (χ4n) is 2.79. The van der Waals surface area contributed by atoms with E-state index in [-0.39, 0.29) is 5.91 Å². The van der Waals surface area contributed by atoms with Crippen LogP contribution in [0.5, 0.6) is 5.75 Å². The molecule has 0 aliphatic carbocycles. The number of nitrogens with zero attached hydrogens (tertiary/aromatic N) is 3. The van der Waals surface area contributed by atoms with Gasteiger partial charge in [0.2, 0.25) is 0 Å². The molecule has 0 aliphatic rings. The summed E-state index contributed by atoms with van der Waals surface area (Å²) in [5, 5.41) is 4.86. The maximum absolute atomic E-state index is 12.9. The molecule has 2 heterocycles. The van der Waals surface area contributed by atoms with E-state index >= 15 is 0 Å². The van der Waals surface area contributed by atoms with Crippen LogP contribution in [0.25, 0.3) is 22.2 Å². The molecular weight excluding hydrogens is 314 g/mol. The first kappa shape index (κ1) is 15.1. The van der Waals surface area contributed by atoms with E-state index in [1.54, 1.807) is 31.6 Å². The van der Waals surface area contributed by atoms with Crippen LogP contribution in [0.15, 0.2) is 73.1 Å². The molecule has 0 N–H and O–H groups in total. The predicted molar refractivity (Wildman–Crippen MR) is 95.7 cm³/mol. The lowest BCUT2D eigenvalue weighted by Crippen LogP contribution is -2.13. The summed E-state index contributed by atoms with van der Waals surface area (Å²) in [6, 6.07) is 18.8. The standard InChI is InChI=1S/C20H15N3O2/c1-25-15-7-4-6-14(12-15)19-13-17(20(24)23-11-5-10-21-23)16-8-2-3-9-18(16)22-19/h2-13H,1H3. The van der Waals surface area contributed by atoms with Gasteiger partial charge in [0.1, 0.15) is 5.75 Å². The summed E-state index contributed by atoms with van der Waals surface area (Å²) in [7, 11) is 1.62. The third-order valence-corrected chi connectivity index (χ3v) is 4.02. The van der Waals surface area contributed by atoms with Crippen LogP contribution in [0.1, 0.15) is 10.4 Å². The van der Waals surface area contributed by atoms with Gasteiger partial charge in [0.15, 0.2) is 0 Å². The van der Waals surface area contributed by atoms with E-state index in [4.69, 9.17) is 9.72 Å². The average Bonchev–Trinajstić information content (AvgIpc) is 3.21. The first-order chi connectivity index (χ1) is 12.3. The molecule has 0 unspecified atom stereocenters. The first-order valence-corrected chi connectivity index (χ1v) is 7.85. The number of para-hydroxylation sites is 1. The summed E-state index contributed by atoms with van der Waals surface area (Å²) < 4.78 is 6.62. The summed E-state index contributed by atoms with van der Waals surface area (Å²) >= 11 is 0. The van der Waals surface area contributed by atoms with Crippen molar-refractivity contribution >= 4 is 16.8 Å². The van der Waals surface area contributed by atoms with Gasteiger partial charge in [-0.05, 0) is 30.3 Å². The smallest absolute Gasteiger partial charge is 0.278 e. The predicted octanol–water partition coefficient (Wildman–Crippen LogP) is 3.80. The summed E-state index contributed by atoms with van der Waals surface area (Å²) in [5.74, 6) is 0.556. The zero-order valence-electron chi connectivity index (χ0n) is 13.6. The van der Waals surface area contributed by atoms with Gasteiger partial charge in [0.05, 0.1) is 23.9 Å². The minimum absolute atomic E-state index is 0.187. The molecule has 25 heavy (non-hydrogen) atoms. The van der Waals surface area contributed by atoms with Crippen LogP contribution in [0, 0.1) is 0 Å². The number of carbonyl (C=O) groups is 1. The van der Waals surface area contributed by atoms with Gasteiger partial charge in [0.25, 0.3) is 5.91 Å². The number of hydrogen-bond acceptors (Lipinski definition) is 4. The van der Waals surface area contributed by atoms with Crippen molar-refractivity contribution in [2.24, 2.45) is 0 Å². The highest BCUT2D eigenvalue weighted by Crippen LogP contribution is 2.27. The number of pyridine rings is 1. The van der Waals surface area contributed by atoms with Gasteiger partial charge in [-0.3, -0.25) is 4.79 Å². The Hall–Kier alpha value is -3.47. The van der Waals surface area contributed by atoms with Gasteiger partial charge in [-0.2, -0.15) is 5.10 Å². The van der Waals surface area contributed by atoms with Crippen LogP contribution < -0.4 is 4.74 Å². The fraction of sp³-hybridized carbons (Fsp3) is 0.0500. The molecule has 2 aromatic heterocycles. The van der Waals surface area contributed by atoms with Gasteiger partial charge in [-0.15, -0.1) is 0 Å². The Morgan fingerprint density at radius 2 is 1.92 bits per heavy atom. The van der Waals surface area contributed by atoms with Crippen molar-refractivity contribution < 1.29 is 9.53 Å². The van der Waals surface area contributed by atoms with E-state index in [1.165, 1.54) is 4.68 Å². The molecule has 5 nitrogen and oxygen atoms in total. The van der Waals surface area contributed by atoms with Crippen LogP contribution >= 0.6 is 0 Å². The van der Waals surface area contributed by atoms with Gasteiger partial charge in [0, 0.05) is 23.3 Å². The second kappa shape index (κ2) is 6.20. The van der Waals surface area contributed by atoms with Crippen molar-refractivity contribution in [1.82, 2.24) is 14.8 Å². The van der Waals surface area contributed by atoms with Crippen molar-refractivity contribution in [2.75, 3.05) is 7.11 Å². The molecule has 122 valence electrons. The van der Waals surface area contributed by atoms with Crippen LogP contribution in [0.2, 0.25) is 0 Å². The van der Waals surface area contributed by atoms with E-state index in [0.29, 0.717) is 11.3 Å². The second-order valence-electron chi connectivity index (χ2n) is 5.56. The minimum atomic E-state index is -0.187. The highest BCUT2D eigenvalue weighted by Gasteiger charge is 2.16. The molecular formula is C20H15N3O2. The lowest BCUT2D eigenvalue weighted by Gasteiger charge is -2.10. The molecule has 0 aliphatic heterocycles. The Morgan fingerprint density at radius 1 is 1.04 bits per heavy atom. The number of carbonyl (C=O) groups excluding carboxylic acids is 1. The number of methoxy groups -OCH3 is 1. The van der Waals surface area contributed by atoms with E-state index < -0.39 is 0 Å². The highest BCUT2D eigenvalue weighted by molar-refractivity contribution is 6.07. The van der Waals surface area contributed by atoms with Crippen molar-refractivity contribution in [2.45, 2.75) is 0 Å². The Kier molecular flexibility index (Phi) is 3.74. The number of aromatic nitrogens is 3. The average molecular weight is 329 g/mol. The topological polar surface area (TPSA) is 57.0 Å². The number of ether oxygens (including phenoxy) is 1. The third-order valence-electron chi connectivity index (χ3n) is 4.02. The maximum Gasteiger partial charge on any atom is 0.278 e. The number of hydrogen-bond donors (Lipinski definition) is 0. The molecule has 4 rings (SSSR count). The molecule has 0 bridgehead atoms. The quantitative estimate of drug-likeness (QED) is 0.574. The van der Waals surface area contributed by atoms with Crippen LogP contribution in [-0.4, -0.2) is 27.8 Å². The molecule has 0 atom stereocenters. The lowest BCUT2D eigenvalue weighted by molar-refractivity contribution is 0.0946. The lowest BCUT2D eigenvalue weighted by atomic mass is 10.0. The van der Waals surface area contributed by atoms with E-state index in [0.717, 1.165) is 22.2 Å². The SMILES string of the molecule is COc1cccc(-c2cc(C(=O)n3cccn3)c3ccccc3n2)c1. The Balaban J connectivity index is 1.93. The summed E-state index contributed by atoms with van der Waals surface area (Å²) in [5.41, 5.74) is 2.93. The molecule has 0 fully saturated rings. The molecule has 5 heteroatoms. The Bertz CT molecular complexity index is 1060. The molecule has 0 saturated heterocycles. The van der Waals surface area contributed by atoms with Crippen LogP contribution in [-0.2, 0) is 0 Å². The number of fused-ring (bicyclic) bond motifs is 1. The van der Waals surface area contributed by atoms with Crippen molar-refractivity contribution in [3.63, 3.8) is 0 Å². The zero-order valence-corrected chi connectivity index (χ0v) is 13.6. The van der Waals surface area contributed by atoms with Gasteiger partial charge < -0.3 is 4.74 Å². The Morgan fingerprint density at radius 3 is 2.72 bits per heavy atom. The van der Waals surface area contributed by atoms with E-state index in [9.17, 15) is 4.79 Å². The Labute approximate surface area is 144 Å².